The van der Waals surface area contributed by atoms with E-state index in [1.807, 2.05) is 0 Å². The van der Waals surface area contributed by atoms with E-state index in [4.69, 9.17) is 11.6 Å². The molecule has 0 aliphatic heterocycles. The summed E-state index contributed by atoms with van der Waals surface area (Å²) in [5, 5.41) is 3.27. The first-order valence-corrected chi connectivity index (χ1v) is 11.5. The minimum absolute atomic E-state index is 0.0631. The highest BCUT2D eigenvalue weighted by Gasteiger charge is 2.23. The fraction of sp³-hybridized carbons (Fsp3) is 0.286. The van der Waals surface area contributed by atoms with Gasteiger partial charge in [-0.05, 0) is 44.3 Å². The van der Waals surface area contributed by atoms with Crippen molar-refractivity contribution in [3.63, 3.8) is 0 Å². The van der Waals surface area contributed by atoms with Gasteiger partial charge in [-0.25, -0.2) is 17.7 Å². The molecule has 0 bridgehead atoms. The number of hydrogen-bond donors (Lipinski definition) is 2. The monoisotopic (exact) mass is 477 g/mol. The van der Waals surface area contributed by atoms with Crippen LogP contribution in [0, 0.1) is 0 Å². The van der Waals surface area contributed by atoms with E-state index >= 15 is 0 Å². The molecule has 1 heterocycles. The van der Waals surface area contributed by atoms with E-state index in [0.29, 0.717) is 22.4 Å². The fourth-order valence-electron chi connectivity index (χ4n) is 3.01. The van der Waals surface area contributed by atoms with Gasteiger partial charge >= 0.3 is 0 Å². The molecule has 9 nitrogen and oxygen atoms in total. The van der Waals surface area contributed by atoms with E-state index < -0.39 is 16.1 Å². The van der Waals surface area contributed by atoms with Gasteiger partial charge in [0.2, 0.25) is 15.9 Å². The SMILES string of the molecule is C[C@@H](C(=O)Nc1ccc(Cl)c(S(=O)(=O)N(C)C)c1)N(C)Cc1nc2ccccc2c(=O)[nH]1. The number of aromatic nitrogens is 2. The Morgan fingerprint density at radius 2 is 1.88 bits per heavy atom. The largest absolute Gasteiger partial charge is 0.325 e. The molecule has 0 aliphatic rings. The van der Waals surface area contributed by atoms with Crippen LogP contribution in [0.25, 0.3) is 10.9 Å². The number of sulfonamides is 1. The molecule has 0 spiro atoms. The molecule has 2 aromatic carbocycles. The molecule has 170 valence electrons. The number of nitrogens with one attached hydrogen (secondary N) is 2. The van der Waals surface area contributed by atoms with Crippen molar-refractivity contribution in [2.75, 3.05) is 26.5 Å². The number of nitrogens with zero attached hydrogens (tertiary/aromatic N) is 3. The van der Waals surface area contributed by atoms with Gasteiger partial charge in [-0.2, -0.15) is 0 Å². The lowest BCUT2D eigenvalue weighted by molar-refractivity contribution is -0.120. The molecule has 11 heteroatoms. The van der Waals surface area contributed by atoms with Crippen LogP contribution < -0.4 is 10.9 Å². The van der Waals surface area contributed by atoms with Gasteiger partial charge < -0.3 is 10.3 Å². The summed E-state index contributed by atoms with van der Waals surface area (Å²) in [6.45, 7) is 1.93. The lowest BCUT2D eigenvalue weighted by atomic mass is 10.2. The number of carbonyl (C=O) groups is 1. The summed E-state index contributed by atoms with van der Waals surface area (Å²) < 4.78 is 25.9. The van der Waals surface area contributed by atoms with Crippen LogP contribution in [0.2, 0.25) is 5.02 Å². The summed E-state index contributed by atoms with van der Waals surface area (Å²) in [4.78, 5) is 33.8. The maximum atomic E-state index is 12.8. The highest BCUT2D eigenvalue weighted by atomic mass is 35.5. The van der Waals surface area contributed by atoms with E-state index in [9.17, 15) is 18.0 Å². The first kappa shape index (κ1) is 23.9. The summed E-state index contributed by atoms with van der Waals surface area (Å²) in [6.07, 6.45) is 0. The average molecular weight is 478 g/mol. The van der Waals surface area contributed by atoms with Crippen molar-refractivity contribution in [3.8, 4) is 0 Å². The molecular formula is C21H24ClN5O4S. The number of halogens is 1. The molecule has 1 aromatic heterocycles. The first-order valence-electron chi connectivity index (χ1n) is 9.72. The number of amides is 1. The highest BCUT2D eigenvalue weighted by Crippen LogP contribution is 2.27. The molecule has 32 heavy (non-hydrogen) atoms. The molecule has 1 amide bonds. The third-order valence-corrected chi connectivity index (χ3v) is 7.36. The number of likely N-dealkylation sites (N-methyl/N-ethyl adjacent to an activating group) is 1. The minimum Gasteiger partial charge on any atom is -0.325 e. The summed E-state index contributed by atoms with van der Waals surface area (Å²) in [5.41, 5.74) is 0.636. The smallest absolute Gasteiger partial charge is 0.258 e. The van der Waals surface area contributed by atoms with Gasteiger partial charge in [0.25, 0.3) is 5.56 Å². The third-order valence-electron chi connectivity index (χ3n) is 5.06. The first-order chi connectivity index (χ1) is 15.0. The number of rotatable bonds is 7. The number of fused-ring (bicyclic) bond motifs is 1. The zero-order valence-corrected chi connectivity index (χ0v) is 19.7. The molecule has 0 unspecified atom stereocenters. The van der Waals surface area contributed by atoms with Crippen LogP contribution in [0.15, 0.2) is 52.2 Å². The van der Waals surface area contributed by atoms with Gasteiger partial charge in [0.15, 0.2) is 0 Å². The van der Waals surface area contributed by atoms with Crippen LogP contribution >= 0.6 is 11.6 Å². The van der Waals surface area contributed by atoms with Gasteiger partial charge in [0.1, 0.15) is 10.7 Å². The predicted octanol–water partition coefficient (Wildman–Crippen LogP) is 2.29. The second-order valence-electron chi connectivity index (χ2n) is 7.54. The van der Waals surface area contributed by atoms with E-state index in [0.717, 1.165) is 4.31 Å². The number of benzene rings is 2. The quantitative estimate of drug-likeness (QED) is 0.539. The van der Waals surface area contributed by atoms with Gasteiger partial charge in [-0.1, -0.05) is 23.7 Å². The molecule has 1 atom stereocenters. The van der Waals surface area contributed by atoms with E-state index in [1.165, 1.54) is 32.3 Å². The van der Waals surface area contributed by atoms with Crippen molar-refractivity contribution >= 4 is 44.1 Å². The Morgan fingerprint density at radius 1 is 1.19 bits per heavy atom. The molecule has 3 aromatic rings. The van der Waals surface area contributed by atoms with Crippen molar-refractivity contribution in [3.05, 3.63) is 63.7 Å². The minimum atomic E-state index is -3.77. The molecule has 3 rings (SSSR count). The molecular weight excluding hydrogens is 454 g/mol. The fourth-order valence-corrected chi connectivity index (χ4v) is 4.40. The van der Waals surface area contributed by atoms with Crippen molar-refractivity contribution in [1.82, 2.24) is 19.2 Å². The number of hydrogen-bond acceptors (Lipinski definition) is 6. The van der Waals surface area contributed by atoms with Crippen molar-refractivity contribution in [2.45, 2.75) is 24.4 Å². The molecule has 0 saturated heterocycles. The van der Waals surface area contributed by atoms with E-state index in [1.54, 1.807) is 43.1 Å². The molecule has 0 aliphatic carbocycles. The Morgan fingerprint density at radius 3 is 2.56 bits per heavy atom. The van der Waals surface area contributed by atoms with E-state index in [2.05, 4.69) is 15.3 Å². The highest BCUT2D eigenvalue weighted by molar-refractivity contribution is 7.89. The molecule has 0 radical (unpaired) electrons. The van der Waals surface area contributed by atoms with Crippen molar-refractivity contribution in [1.29, 1.82) is 0 Å². The number of H-pyrrole nitrogens is 1. The van der Waals surface area contributed by atoms with Gasteiger partial charge in [0, 0.05) is 19.8 Å². The summed E-state index contributed by atoms with van der Waals surface area (Å²) in [7, 11) is 0.762. The Kier molecular flexibility index (Phi) is 6.99. The molecule has 0 saturated carbocycles. The van der Waals surface area contributed by atoms with Crippen molar-refractivity contribution in [2.24, 2.45) is 0 Å². The van der Waals surface area contributed by atoms with E-state index in [-0.39, 0.29) is 27.9 Å². The zero-order valence-electron chi connectivity index (χ0n) is 18.1. The maximum absolute atomic E-state index is 12.8. The van der Waals surface area contributed by atoms with Gasteiger partial charge in [-0.3, -0.25) is 14.5 Å². The predicted molar refractivity (Wildman–Crippen MR) is 124 cm³/mol. The number of aromatic amines is 1. The van der Waals surface area contributed by atoms with Gasteiger partial charge in [0.05, 0.1) is 28.5 Å². The van der Waals surface area contributed by atoms with Crippen LogP contribution in [0.1, 0.15) is 12.7 Å². The van der Waals surface area contributed by atoms with Crippen LogP contribution in [0.5, 0.6) is 0 Å². The van der Waals surface area contributed by atoms with Crippen LogP contribution in [-0.4, -0.2) is 60.7 Å². The van der Waals surface area contributed by atoms with Gasteiger partial charge in [-0.15, -0.1) is 0 Å². The Hall–Kier alpha value is -2.79. The standard InChI is InChI=1S/C21H24ClN5O4S/c1-13(27(4)12-19-24-17-8-6-5-7-15(17)21(29)25-19)20(28)23-14-9-10-16(22)18(11-14)32(30,31)26(2)3/h5-11,13H,12H2,1-4H3,(H,23,28)(H,24,25,29)/t13-/m0/s1. The van der Waals surface area contributed by atoms with Crippen LogP contribution in [-0.2, 0) is 21.4 Å². The Bertz CT molecular complexity index is 1320. The lowest BCUT2D eigenvalue weighted by Gasteiger charge is -2.23. The topological polar surface area (TPSA) is 115 Å². The summed E-state index contributed by atoms with van der Waals surface area (Å²) >= 11 is 6.06. The Balaban J connectivity index is 1.75. The molecule has 2 N–H and O–H groups in total. The normalized spacial score (nSPS) is 13.0. The second-order valence-corrected chi connectivity index (χ2v) is 10.1. The summed E-state index contributed by atoms with van der Waals surface area (Å²) in [6, 6.07) is 10.7. The Labute approximate surface area is 191 Å². The lowest BCUT2D eigenvalue weighted by Crippen LogP contribution is -2.39. The number of para-hydroxylation sites is 1. The number of carbonyl (C=O) groups excluding carboxylic acids is 1. The van der Waals surface area contributed by atoms with Crippen molar-refractivity contribution < 1.29 is 13.2 Å². The average Bonchev–Trinajstić information content (AvgIpc) is 2.74. The maximum Gasteiger partial charge on any atom is 0.258 e. The summed E-state index contributed by atoms with van der Waals surface area (Å²) in [5.74, 6) is 0.0767. The number of anilines is 1. The second kappa shape index (κ2) is 9.37. The third kappa shape index (κ3) is 4.99. The zero-order chi connectivity index (χ0) is 23.6. The van der Waals surface area contributed by atoms with Crippen LogP contribution in [0.4, 0.5) is 5.69 Å². The molecule has 0 fully saturated rings. The van der Waals surface area contributed by atoms with Crippen LogP contribution in [0.3, 0.4) is 0 Å².